The number of carboxylic acid groups (broad SMARTS) is 1. The molecule has 1 aromatic carbocycles. The molecule has 0 aliphatic heterocycles. The van der Waals surface area contributed by atoms with E-state index in [0.717, 1.165) is 12.1 Å². The van der Waals surface area contributed by atoms with Gasteiger partial charge in [-0.25, -0.2) is 9.18 Å². The second-order valence-electron chi connectivity index (χ2n) is 4.33. The second kappa shape index (κ2) is 6.97. The van der Waals surface area contributed by atoms with E-state index in [9.17, 15) is 24.2 Å². The van der Waals surface area contributed by atoms with Crippen LogP contribution in [0.3, 0.4) is 0 Å². The molecule has 2 atom stereocenters. The predicted octanol–water partition coefficient (Wildman–Crippen LogP) is 0.444. The lowest BCUT2D eigenvalue weighted by molar-refractivity contribution is -0.119. The first-order valence-corrected chi connectivity index (χ1v) is 5.96. The molecule has 110 valence electrons. The van der Waals surface area contributed by atoms with E-state index in [0.29, 0.717) is 0 Å². The van der Waals surface area contributed by atoms with Gasteiger partial charge in [0.1, 0.15) is 11.9 Å². The van der Waals surface area contributed by atoms with Gasteiger partial charge in [0.2, 0.25) is 5.91 Å². The van der Waals surface area contributed by atoms with Gasteiger partial charge in [0, 0.05) is 13.5 Å². The van der Waals surface area contributed by atoms with Crippen LogP contribution in [0.1, 0.15) is 35.4 Å². The highest BCUT2D eigenvalue weighted by Crippen LogP contribution is 2.21. The van der Waals surface area contributed by atoms with Crippen molar-refractivity contribution in [2.45, 2.75) is 25.6 Å². The summed E-state index contributed by atoms with van der Waals surface area (Å²) >= 11 is 0. The Bertz CT molecular complexity index is 506. The molecular weight excluding hydrogens is 269 g/mol. The van der Waals surface area contributed by atoms with Gasteiger partial charge in [0.05, 0.1) is 11.7 Å². The molecule has 0 aliphatic carbocycles. The summed E-state index contributed by atoms with van der Waals surface area (Å²) in [7, 11) is 0. The van der Waals surface area contributed by atoms with Crippen LogP contribution in [-0.2, 0) is 4.79 Å². The Labute approximate surface area is 114 Å². The molecule has 0 bridgehead atoms. The number of hydrogen-bond donors (Lipinski definition) is 4. The van der Waals surface area contributed by atoms with Crippen LogP contribution < -0.4 is 5.32 Å². The molecule has 0 saturated carbocycles. The summed E-state index contributed by atoms with van der Waals surface area (Å²) in [6.45, 7) is 1.49. The van der Waals surface area contributed by atoms with Gasteiger partial charge in [0.15, 0.2) is 0 Å². The molecule has 20 heavy (non-hydrogen) atoms. The van der Waals surface area contributed by atoms with Crippen molar-refractivity contribution in [3.8, 4) is 0 Å². The number of aliphatic hydroxyl groups is 2. The van der Waals surface area contributed by atoms with E-state index in [4.69, 9.17) is 5.11 Å². The molecule has 0 aliphatic rings. The zero-order valence-corrected chi connectivity index (χ0v) is 10.8. The summed E-state index contributed by atoms with van der Waals surface area (Å²) in [5, 5.41) is 30.7. The quantitative estimate of drug-likeness (QED) is 0.607. The number of aromatic carboxylic acids is 1. The minimum Gasteiger partial charge on any atom is -0.478 e. The van der Waals surface area contributed by atoms with Crippen molar-refractivity contribution in [2.24, 2.45) is 0 Å². The fourth-order valence-electron chi connectivity index (χ4n) is 1.66. The molecule has 4 N–H and O–H groups in total. The Hall–Kier alpha value is -1.99. The van der Waals surface area contributed by atoms with Gasteiger partial charge >= 0.3 is 5.97 Å². The van der Waals surface area contributed by atoms with E-state index >= 15 is 0 Å². The first kappa shape index (κ1) is 16.1. The number of carbonyl (C=O) groups is 2. The molecular formula is C13H16FNO5. The van der Waals surface area contributed by atoms with Crippen LogP contribution in [0.5, 0.6) is 0 Å². The number of rotatable bonds is 6. The average molecular weight is 285 g/mol. The van der Waals surface area contributed by atoms with Gasteiger partial charge in [-0.2, -0.15) is 0 Å². The van der Waals surface area contributed by atoms with Crippen molar-refractivity contribution in [1.82, 2.24) is 5.32 Å². The highest BCUT2D eigenvalue weighted by molar-refractivity contribution is 5.87. The van der Waals surface area contributed by atoms with Crippen LogP contribution >= 0.6 is 0 Å². The minimum absolute atomic E-state index is 0.0721. The number of carbonyl (C=O) groups excluding carboxylic acids is 1. The zero-order valence-electron chi connectivity index (χ0n) is 10.8. The molecule has 6 nitrogen and oxygen atoms in total. The zero-order chi connectivity index (χ0) is 15.3. The van der Waals surface area contributed by atoms with Crippen LogP contribution in [0.2, 0.25) is 0 Å². The first-order valence-electron chi connectivity index (χ1n) is 5.96. The average Bonchev–Trinajstić information content (AvgIpc) is 2.36. The van der Waals surface area contributed by atoms with Crippen molar-refractivity contribution in [2.75, 3.05) is 6.54 Å². The third-order valence-corrected chi connectivity index (χ3v) is 2.74. The van der Waals surface area contributed by atoms with E-state index in [-0.39, 0.29) is 24.4 Å². The lowest BCUT2D eigenvalue weighted by Crippen LogP contribution is -2.27. The highest BCUT2D eigenvalue weighted by atomic mass is 19.1. The van der Waals surface area contributed by atoms with Crippen molar-refractivity contribution >= 4 is 11.9 Å². The SMILES string of the molecule is CC(=O)NCCC(O)C(O)c1ccc(C(=O)O)c(F)c1. The molecule has 0 aromatic heterocycles. The molecule has 0 radical (unpaired) electrons. The van der Waals surface area contributed by atoms with E-state index in [1.165, 1.54) is 13.0 Å². The summed E-state index contributed by atoms with van der Waals surface area (Å²) in [6, 6.07) is 3.13. The standard InChI is InChI=1S/C13H16FNO5/c1-7(16)15-5-4-11(17)12(18)8-2-3-9(13(19)20)10(14)6-8/h2-3,6,11-12,17-18H,4-5H2,1H3,(H,15,16)(H,19,20). The summed E-state index contributed by atoms with van der Waals surface area (Å²) < 4.78 is 13.5. The first-order chi connectivity index (χ1) is 9.32. The number of halogens is 1. The molecule has 0 spiro atoms. The maximum absolute atomic E-state index is 13.5. The van der Waals surface area contributed by atoms with Crippen LogP contribution in [0.15, 0.2) is 18.2 Å². The Morgan fingerprint density at radius 2 is 2.00 bits per heavy atom. The summed E-state index contributed by atoms with van der Waals surface area (Å²) in [5.74, 6) is -2.65. The molecule has 1 amide bonds. The van der Waals surface area contributed by atoms with Crippen molar-refractivity contribution < 1.29 is 29.3 Å². The van der Waals surface area contributed by atoms with E-state index in [1.54, 1.807) is 0 Å². The predicted molar refractivity (Wildman–Crippen MR) is 67.6 cm³/mol. The normalized spacial score (nSPS) is 13.6. The highest BCUT2D eigenvalue weighted by Gasteiger charge is 2.20. The Morgan fingerprint density at radius 3 is 2.50 bits per heavy atom. The van der Waals surface area contributed by atoms with Gasteiger partial charge in [-0.05, 0) is 24.1 Å². The fraction of sp³-hybridized carbons (Fsp3) is 0.385. The summed E-state index contributed by atoms with van der Waals surface area (Å²) in [5.41, 5.74) is -0.434. The van der Waals surface area contributed by atoms with Crippen molar-refractivity contribution in [3.63, 3.8) is 0 Å². The van der Waals surface area contributed by atoms with Gasteiger partial charge in [0.25, 0.3) is 0 Å². The molecule has 0 heterocycles. The third kappa shape index (κ3) is 4.29. The van der Waals surface area contributed by atoms with E-state index < -0.39 is 29.6 Å². The summed E-state index contributed by atoms with van der Waals surface area (Å²) in [6.07, 6.45) is -2.47. The van der Waals surface area contributed by atoms with Crippen molar-refractivity contribution in [1.29, 1.82) is 0 Å². The number of benzene rings is 1. The molecule has 7 heteroatoms. The Balaban J connectivity index is 2.71. The van der Waals surface area contributed by atoms with E-state index in [1.807, 2.05) is 0 Å². The number of amides is 1. The number of nitrogens with one attached hydrogen (secondary N) is 1. The summed E-state index contributed by atoms with van der Waals surface area (Å²) in [4.78, 5) is 21.3. The van der Waals surface area contributed by atoms with Gasteiger partial charge < -0.3 is 20.6 Å². The number of aliphatic hydroxyl groups excluding tert-OH is 2. The molecule has 0 fully saturated rings. The van der Waals surface area contributed by atoms with Gasteiger partial charge in [-0.3, -0.25) is 4.79 Å². The molecule has 1 aromatic rings. The molecule has 2 unspecified atom stereocenters. The smallest absolute Gasteiger partial charge is 0.338 e. The topological polar surface area (TPSA) is 107 Å². The van der Waals surface area contributed by atoms with Crippen molar-refractivity contribution in [3.05, 3.63) is 35.1 Å². The van der Waals surface area contributed by atoms with Crippen LogP contribution in [0.4, 0.5) is 4.39 Å². The minimum atomic E-state index is -1.41. The fourth-order valence-corrected chi connectivity index (χ4v) is 1.66. The Morgan fingerprint density at radius 1 is 1.35 bits per heavy atom. The van der Waals surface area contributed by atoms with Gasteiger partial charge in [-0.1, -0.05) is 6.07 Å². The maximum Gasteiger partial charge on any atom is 0.338 e. The monoisotopic (exact) mass is 285 g/mol. The Kier molecular flexibility index (Phi) is 5.60. The largest absolute Gasteiger partial charge is 0.478 e. The van der Waals surface area contributed by atoms with Crippen LogP contribution in [0, 0.1) is 5.82 Å². The second-order valence-corrected chi connectivity index (χ2v) is 4.33. The van der Waals surface area contributed by atoms with Crippen LogP contribution in [-0.4, -0.2) is 39.8 Å². The van der Waals surface area contributed by atoms with Crippen LogP contribution in [0.25, 0.3) is 0 Å². The van der Waals surface area contributed by atoms with Gasteiger partial charge in [-0.15, -0.1) is 0 Å². The molecule has 0 saturated heterocycles. The maximum atomic E-state index is 13.5. The lowest BCUT2D eigenvalue weighted by atomic mass is 10.0. The lowest BCUT2D eigenvalue weighted by Gasteiger charge is -2.18. The number of carboxylic acids is 1. The number of hydrogen-bond acceptors (Lipinski definition) is 4. The third-order valence-electron chi connectivity index (χ3n) is 2.74. The molecule has 1 rings (SSSR count). The van der Waals surface area contributed by atoms with E-state index in [2.05, 4.69) is 5.32 Å².